The van der Waals surface area contributed by atoms with Crippen LogP contribution in [-0.2, 0) is 33.8 Å². The van der Waals surface area contributed by atoms with E-state index in [1.165, 1.54) is 0 Å². The summed E-state index contributed by atoms with van der Waals surface area (Å²) in [4.78, 5) is 29.2. The van der Waals surface area contributed by atoms with Crippen LogP contribution in [0.2, 0.25) is 0 Å². The van der Waals surface area contributed by atoms with E-state index in [2.05, 4.69) is 25.6 Å². The highest BCUT2D eigenvalue weighted by Crippen LogP contribution is 2.30. The zero-order chi connectivity index (χ0) is 28.0. The molecule has 0 aliphatic rings. The minimum Gasteiger partial charge on any atom is -0.427 e. The molecule has 204 valence electrons. The Morgan fingerprint density at radius 3 is 2.36 bits per heavy atom. The van der Waals surface area contributed by atoms with E-state index < -0.39 is 30.8 Å². The van der Waals surface area contributed by atoms with Crippen molar-refractivity contribution in [3.8, 4) is 22.5 Å². The molecule has 0 spiro atoms. The first-order valence-corrected chi connectivity index (χ1v) is 12.7. The van der Waals surface area contributed by atoms with Crippen molar-refractivity contribution in [3.63, 3.8) is 0 Å². The number of nitrogens with one attached hydrogen (secondary N) is 1. The lowest BCUT2D eigenvalue weighted by atomic mass is 9.98. The number of imidazole rings is 1. The molecule has 11 heteroatoms. The first kappa shape index (κ1) is 27.6. The smallest absolute Gasteiger partial charge is 0.361 e. The maximum Gasteiger partial charge on any atom is 0.361 e. The largest absolute Gasteiger partial charge is 0.427 e. The number of benzene rings is 2. The van der Waals surface area contributed by atoms with Gasteiger partial charge in [0.2, 0.25) is 6.79 Å². The minimum absolute atomic E-state index is 0.0129. The Kier molecular flexibility index (Phi) is 8.50. The zero-order valence-electron chi connectivity index (χ0n) is 22.5. The molecule has 4 aromatic rings. The first-order chi connectivity index (χ1) is 18.7. The number of hydrogen-bond acceptors (Lipinski definition) is 9. The molecule has 39 heavy (non-hydrogen) atoms. The predicted molar refractivity (Wildman–Crippen MR) is 142 cm³/mol. The van der Waals surface area contributed by atoms with Gasteiger partial charge >= 0.3 is 11.9 Å². The molecule has 0 fully saturated rings. The van der Waals surface area contributed by atoms with Crippen LogP contribution in [0, 0.1) is 5.41 Å². The predicted octanol–water partition coefficient (Wildman–Crippen LogP) is 3.93. The average molecular weight is 533 g/mol. The molecule has 0 saturated heterocycles. The van der Waals surface area contributed by atoms with Crippen molar-refractivity contribution in [1.82, 2.24) is 30.2 Å². The van der Waals surface area contributed by atoms with Crippen molar-refractivity contribution in [2.24, 2.45) is 5.41 Å². The van der Waals surface area contributed by atoms with Gasteiger partial charge in [-0.25, -0.2) is 14.9 Å². The van der Waals surface area contributed by atoms with Gasteiger partial charge in [-0.1, -0.05) is 55.5 Å². The number of hydrogen-bond donors (Lipinski definition) is 2. The number of aromatic nitrogens is 6. The third kappa shape index (κ3) is 6.37. The summed E-state index contributed by atoms with van der Waals surface area (Å²) in [6, 6.07) is 15.8. The highest BCUT2D eigenvalue weighted by molar-refractivity contribution is 5.89. The van der Waals surface area contributed by atoms with Crippen molar-refractivity contribution in [3.05, 3.63) is 71.3 Å². The number of nitrogens with zero attached hydrogens (tertiary/aromatic N) is 5. The molecule has 0 aliphatic heterocycles. The van der Waals surface area contributed by atoms with Crippen LogP contribution in [0.4, 0.5) is 0 Å². The number of aliphatic hydroxyl groups excluding tert-OH is 1. The number of esters is 2. The van der Waals surface area contributed by atoms with E-state index in [-0.39, 0.29) is 5.69 Å². The van der Waals surface area contributed by atoms with Crippen molar-refractivity contribution < 1.29 is 24.2 Å². The summed E-state index contributed by atoms with van der Waals surface area (Å²) in [5.41, 5.74) is 3.45. The van der Waals surface area contributed by atoms with Crippen LogP contribution in [0.1, 0.15) is 61.7 Å². The fourth-order valence-electron chi connectivity index (χ4n) is 4.07. The van der Waals surface area contributed by atoms with Crippen LogP contribution in [0.15, 0.2) is 48.5 Å². The Hall–Kier alpha value is -4.38. The van der Waals surface area contributed by atoms with Gasteiger partial charge in [-0.3, -0.25) is 4.79 Å². The quantitative estimate of drug-likeness (QED) is 0.229. The molecule has 0 radical (unpaired) electrons. The second kappa shape index (κ2) is 12.0. The molecule has 2 aromatic carbocycles. The topological polar surface area (TPSA) is 145 Å². The zero-order valence-corrected chi connectivity index (χ0v) is 22.5. The molecular formula is C28H32N6O5. The van der Waals surface area contributed by atoms with E-state index in [9.17, 15) is 14.7 Å². The molecule has 0 amide bonds. The third-order valence-corrected chi connectivity index (χ3v) is 6.09. The molecule has 2 N–H and O–H groups in total. The van der Waals surface area contributed by atoms with Gasteiger partial charge in [-0.15, -0.1) is 5.10 Å². The van der Waals surface area contributed by atoms with Gasteiger partial charge in [0.15, 0.2) is 11.5 Å². The molecule has 0 saturated carbocycles. The van der Waals surface area contributed by atoms with Gasteiger partial charge in [-0.05, 0) is 54.3 Å². The van der Waals surface area contributed by atoms with Gasteiger partial charge in [0.1, 0.15) is 5.82 Å². The third-order valence-electron chi connectivity index (χ3n) is 6.09. The summed E-state index contributed by atoms with van der Waals surface area (Å²) in [6.07, 6.45) is 1.40. The van der Waals surface area contributed by atoms with E-state index in [0.717, 1.165) is 28.7 Å². The second-order valence-corrected chi connectivity index (χ2v) is 10.0. The van der Waals surface area contributed by atoms with Crippen LogP contribution in [0.25, 0.3) is 22.5 Å². The summed E-state index contributed by atoms with van der Waals surface area (Å²) >= 11 is 0. The minimum atomic E-state index is -0.759. The first-order valence-electron chi connectivity index (χ1n) is 12.7. The van der Waals surface area contributed by atoms with Crippen LogP contribution in [-0.4, -0.2) is 54.0 Å². The monoisotopic (exact) mass is 532 g/mol. The van der Waals surface area contributed by atoms with Crippen LogP contribution >= 0.6 is 0 Å². The second-order valence-electron chi connectivity index (χ2n) is 10.0. The summed E-state index contributed by atoms with van der Waals surface area (Å²) < 4.78 is 12.0. The normalized spacial score (nSPS) is 11.4. The fourth-order valence-corrected chi connectivity index (χ4v) is 4.07. The highest BCUT2D eigenvalue weighted by atomic mass is 16.7. The number of carbonyl (C=O) groups excluding carboxylic acids is 2. The number of carbonyl (C=O) groups is 2. The molecule has 0 aliphatic carbocycles. The number of tetrazole rings is 1. The van der Waals surface area contributed by atoms with Crippen molar-refractivity contribution in [2.75, 3.05) is 6.79 Å². The fraction of sp³-hybridized carbons (Fsp3) is 0.357. The van der Waals surface area contributed by atoms with E-state index in [4.69, 9.17) is 9.47 Å². The molecule has 11 nitrogen and oxygen atoms in total. The van der Waals surface area contributed by atoms with Crippen LogP contribution in [0.3, 0.4) is 0 Å². The van der Waals surface area contributed by atoms with E-state index in [1.807, 2.05) is 60.0 Å². The summed E-state index contributed by atoms with van der Waals surface area (Å²) in [5.74, 6) is -0.00549. The van der Waals surface area contributed by atoms with Crippen molar-refractivity contribution in [2.45, 2.75) is 53.7 Å². The van der Waals surface area contributed by atoms with Gasteiger partial charge in [0, 0.05) is 18.5 Å². The average Bonchev–Trinajstić information content (AvgIpc) is 3.57. The summed E-state index contributed by atoms with van der Waals surface area (Å²) in [7, 11) is 0. The summed E-state index contributed by atoms with van der Waals surface area (Å²) in [5, 5.41) is 24.4. The lowest BCUT2D eigenvalue weighted by molar-refractivity contribution is -0.161. The highest BCUT2D eigenvalue weighted by Gasteiger charge is 2.26. The SMILES string of the molecule is CCCc1nc(C(=O)OCOC(=O)C(C)(C)C)c(CO)n1Cc1ccc(-c2ccccc2-c2nnn[nH]2)cc1. The number of aryl methyl sites for hydroxylation is 1. The van der Waals surface area contributed by atoms with Gasteiger partial charge in [-0.2, -0.15) is 0 Å². The Labute approximate surface area is 226 Å². The molecule has 2 heterocycles. The Morgan fingerprint density at radius 1 is 1.03 bits per heavy atom. The van der Waals surface area contributed by atoms with Crippen LogP contribution < -0.4 is 0 Å². The number of aliphatic hydroxyl groups is 1. The van der Waals surface area contributed by atoms with Gasteiger partial charge in [0.05, 0.1) is 17.7 Å². The Balaban J connectivity index is 1.55. The maximum atomic E-state index is 12.8. The number of aromatic amines is 1. The standard InChI is InChI=1S/C28H32N6O5/c1-5-8-23-29-24(26(36)38-17-39-27(37)28(2,3)4)22(16-35)34(23)15-18-11-13-19(14-12-18)20-9-6-7-10-21(20)25-30-32-33-31-25/h6-7,9-14,35H,5,8,15-17H2,1-4H3,(H,30,31,32,33). The number of ether oxygens (including phenoxy) is 2. The molecule has 2 aromatic heterocycles. The Bertz CT molecular complexity index is 1420. The number of rotatable bonds is 10. The summed E-state index contributed by atoms with van der Waals surface area (Å²) in [6.45, 7) is 6.61. The van der Waals surface area contributed by atoms with Crippen LogP contribution in [0.5, 0.6) is 0 Å². The lowest BCUT2D eigenvalue weighted by Crippen LogP contribution is -2.25. The molecule has 0 unspecified atom stereocenters. The van der Waals surface area contributed by atoms with E-state index in [1.54, 1.807) is 20.8 Å². The number of H-pyrrole nitrogens is 1. The lowest BCUT2D eigenvalue weighted by Gasteiger charge is -2.16. The van der Waals surface area contributed by atoms with E-state index in [0.29, 0.717) is 30.3 Å². The maximum absolute atomic E-state index is 12.8. The molecule has 4 rings (SSSR count). The Morgan fingerprint density at radius 2 is 1.74 bits per heavy atom. The van der Waals surface area contributed by atoms with Crippen molar-refractivity contribution in [1.29, 1.82) is 0 Å². The molecule has 0 bridgehead atoms. The van der Waals surface area contributed by atoms with E-state index >= 15 is 0 Å². The van der Waals surface area contributed by atoms with Crippen molar-refractivity contribution >= 4 is 11.9 Å². The molecular weight excluding hydrogens is 500 g/mol. The van der Waals surface area contributed by atoms with Gasteiger partial charge in [0.25, 0.3) is 0 Å². The molecule has 0 atom stereocenters. The van der Waals surface area contributed by atoms with Gasteiger partial charge < -0.3 is 19.1 Å².